The molecule has 152 valence electrons. The molecular weight excluding hydrogens is 382 g/mol. The molecule has 6 nitrogen and oxygen atoms in total. The number of phenolic OH excluding ortho intramolecular Hbond substituents is 1. The number of quaternary nitrogens is 1. The second kappa shape index (κ2) is 7.46. The minimum atomic E-state index is -0.564. The summed E-state index contributed by atoms with van der Waals surface area (Å²) < 4.78 is 11.0. The summed E-state index contributed by atoms with van der Waals surface area (Å²) in [5.41, 5.74) is 1.11. The number of para-hydroxylation sites is 1. The maximum absolute atomic E-state index is 12.7. The first-order chi connectivity index (χ1) is 14.6. The number of piperidine rings is 1. The molecule has 2 aromatic heterocycles. The van der Waals surface area contributed by atoms with Crippen molar-refractivity contribution in [3.8, 4) is 16.9 Å². The molecule has 0 atom stereocenters. The molecule has 4 aromatic rings. The molecule has 0 spiro atoms. The van der Waals surface area contributed by atoms with Gasteiger partial charge in [0.1, 0.15) is 17.9 Å². The number of rotatable bonds is 3. The van der Waals surface area contributed by atoms with E-state index in [1.807, 2.05) is 12.1 Å². The van der Waals surface area contributed by atoms with E-state index in [9.17, 15) is 14.7 Å². The summed E-state index contributed by atoms with van der Waals surface area (Å²) in [5.74, 6) is 0.103. The summed E-state index contributed by atoms with van der Waals surface area (Å²) >= 11 is 0. The Bertz CT molecular complexity index is 1360. The van der Waals surface area contributed by atoms with Crippen molar-refractivity contribution >= 4 is 21.9 Å². The molecule has 0 aliphatic carbocycles. The molecule has 5 rings (SSSR count). The molecule has 1 fully saturated rings. The average Bonchev–Trinajstić information content (AvgIpc) is 2.75. The van der Waals surface area contributed by atoms with Crippen LogP contribution < -0.4 is 16.2 Å². The molecule has 0 amide bonds. The fourth-order valence-corrected chi connectivity index (χ4v) is 4.39. The molecule has 30 heavy (non-hydrogen) atoms. The summed E-state index contributed by atoms with van der Waals surface area (Å²) in [6.07, 6.45) is 3.52. The van der Waals surface area contributed by atoms with Crippen LogP contribution in [0, 0.1) is 0 Å². The number of benzene rings is 2. The molecule has 0 radical (unpaired) electrons. The molecule has 1 aliphatic rings. The van der Waals surface area contributed by atoms with Crippen LogP contribution >= 0.6 is 0 Å². The Hall–Kier alpha value is -3.38. The third-order valence-corrected chi connectivity index (χ3v) is 5.91. The fourth-order valence-electron chi connectivity index (χ4n) is 4.39. The summed E-state index contributed by atoms with van der Waals surface area (Å²) in [6, 6.07) is 13.6. The van der Waals surface area contributed by atoms with Gasteiger partial charge < -0.3 is 18.8 Å². The van der Waals surface area contributed by atoms with Gasteiger partial charge in [-0.3, -0.25) is 0 Å². The number of hydrogen-bond donors (Lipinski definition) is 2. The van der Waals surface area contributed by atoms with Gasteiger partial charge in [-0.25, -0.2) is 9.59 Å². The highest BCUT2D eigenvalue weighted by Crippen LogP contribution is 2.32. The van der Waals surface area contributed by atoms with Crippen LogP contribution in [-0.2, 0) is 6.54 Å². The summed E-state index contributed by atoms with van der Waals surface area (Å²) in [6.45, 7) is 2.62. The number of nitrogens with one attached hydrogen (secondary N) is 1. The molecule has 1 saturated heterocycles. The zero-order chi connectivity index (χ0) is 20.7. The molecule has 2 aromatic carbocycles. The lowest BCUT2D eigenvalue weighted by Gasteiger charge is -2.24. The molecule has 6 heteroatoms. The van der Waals surface area contributed by atoms with Gasteiger partial charge in [-0.05, 0) is 43.5 Å². The van der Waals surface area contributed by atoms with Crippen molar-refractivity contribution < 1.29 is 18.8 Å². The maximum atomic E-state index is 12.7. The first kappa shape index (κ1) is 18.6. The van der Waals surface area contributed by atoms with E-state index in [4.69, 9.17) is 8.83 Å². The normalized spacial score (nSPS) is 15.1. The number of fused-ring (bicyclic) bond motifs is 2. The zero-order valence-corrected chi connectivity index (χ0v) is 16.4. The third-order valence-electron chi connectivity index (χ3n) is 5.91. The van der Waals surface area contributed by atoms with Crippen LogP contribution in [0.4, 0.5) is 0 Å². The van der Waals surface area contributed by atoms with Crippen LogP contribution in [0.3, 0.4) is 0 Å². The molecule has 0 unspecified atom stereocenters. The Kier molecular flexibility index (Phi) is 4.64. The Morgan fingerprint density at radius 2 is 1.70 bits per heavy atom. The Morgan fingerprint density at radius 1 is 0.900 bits per heavy atom. The predicted octanol–water partition coefficient (Wildman–Crippen LogP) is 2.84. The van der Waals surface area contributed by atoms with E-state index < -0.39 is 11.3 Å². The van der Waals surface area contributed by atoms with Gasteiger partial charge in [-0.1, -0.05) is 18.2 Å². The lowest BCUT2D eigenvalue weighted by atomic mass is 9.99. The molecular formula is C24H22NO5+. The first-order valence-electron chi connectivity index (χ1n) is 10.3. The van der Waals surface area contributed by atoms with Gasteiger partial charge >= 0.3 is 11.3 Å². The summed E-state index contributed by atoms with van der Waals surface area (Å²) in [5, 5.41) is 11.9. The van der Waals surface area contributed by atoms with Gasteiger partial charge in [0, 0.05) is 22.4 Å². The number of phenols is 1. The summed E-state index contributed by atoms with van der Waals surface area (Å²) in [4.78, 5) is 26.5. The number of hydrogen-bond acceptors (Lipinski definition) is 5. The second-order valence-corrected chi connectivity index (χ2v) is 7.89. The Morgan fingerprint density at radius 3 is 2.53 bits per heavy atom. The lowest BCUT2D eigenvalue weighted by molar-refractivity contribution is -0.918. The first-order valence-corrected chi connectivity index (χ1v) is 10.3. The minimum Gasteiger partial charge on any atom is -0.507 e. The zero-order valence-electron chi connectivity index (χ0n) is 16.4. The lowest BCUT2D eigenvalue weighted by Crippen LogP contribution is -3.11. The molecule has 1 aliphatic heterocycles. The van der Waals surface area contributed by atoms with Crippen molar-refractivity contribution in [3.05, 3.63) is 74.9 Å². The van der Waals surface area contributed by atoms with E-state index >= 15 is 0 Å². The van der Waals surface area contributed by atoms with Gasteiger partial charge in [-0.15, -0.1) is 0 Å². The van der Waals surface area contributed by atoms with Crippen LogP contribution in [0.25, 0.3) is 33.1 Å². The largest absolute Gasteiger partial charge is 0.507 e. The van der Waals surface area contributed by atoms with Gasteiger partial charge in [0.05, 0.1) is 24.2 Å². The summed E-state index contributed by atoms with van der Waals surface area (Å²) in [7, 11) is 0. The van der Waals surface area contributed by atoms with Crippen molar-refractivity contribution in [2.45, 2.75) is 25.8 Å². The number of aromatic hydroxyl groups is 1. The highest BCUT2D eigenvalue weighted by atomic mass is 16.4. The molecule has 3 heterocycles. The van der Waals surface area contributed by atoms with Crippen LogP contribution in [0.5, 0.6) is 5.75 Å². The van der Waals surface area contributed by atoms with Crippen LogP contribution in [0.2, 0.25) is 0 Å². The predicted molar refractivity (Wildman–Crippen MR) is 114 cm³/mol. The second-order valence-electron chi connectivity index (χ2n) is 7.89. The highest BCUT2D eigenvalue weighted by Gasteiger charge is 2.22. The molecule has 2 N–H and O–H groups in total. The van der Waals surface area contributed by atoms with Crippen LogP contribution in [0.15, 0.2) is 67.0 Å². The van der Waals surface area contributed by atoms with Crippen LogP contribution in [-0.4, -0.2) is 18.2 Å². The van der Waals surface area contributed by atoms with E-state index in [1.54, 1.807) is 30.3 Å². The van der Waals surface area contributed by atoms with Gasteiger partial charge in [0.25, 0.3) is 0 Å². The smallest absolute Gasteiger partial charge is 0.344 e. The fraction of sp³-hybridized carbons (Fsp3) is 0.250. The van der Waals surface area contributed by atoms with E-state index in [0.29, 0.717) is 39.8 Å². The monoisotopic (exact) mass is 404 g/mol. The topological polar surface area (TPSA) is 85.1 Å². The standard InChI is InChI=1S/C24H21NO5/c26-20-9-8-16-17(18-12-15-6-2-3-7-21(15)29-24(18)28)13-22(27)30-23(16)19(20)14-25-10-4-1-5-11-25/h2-3,6-9,12-13,26H,1,4-5,10-11,14H2/p+1. The molecule has 0 saturated carbocycles. The van der Waals surface area contributed by atoms with Gasteiger partial charge in [-0.2, -0.15) is 0 Å². The van der Waals surface area contributed by atoms with Gasteiger partial charge in [0.2, 0.25) is 0 Å². The van der Waals surface area contributed by atoms with Crippen molar-refractivity contribution in [1.29, 1.82) is 0 Å². The Balaban J connectivity index is 1.72. The van der Waals surface area contributed by atoms with Crippen molar-refractivity contribution in [2.24, 2.45) is 0 Å². The quantitative estimate of drug-likeness (QED) is 0.513. The van der Waals surface area contributed by atoms with Crippen molar-refractivity contribution in [1.82, 2.24) is 0 Å². The highest BCUT2D eigenvalue weighted by molar-refractivity contribution is 5.96. The van der Waals surface area contributed by atoms with Crippen LogP contribution in [0.1, 0.15) is 24.8 Å². The maximum Gasteiger partial charge on any atom is 0.344 e. The van der Waals surface area contributed by atoms with E-state index in [1.165, 1.54) is 17.4 Å². The SMILES string of the molecule is O=c1cc(-c2cc3ccccc3oc2=O)c2ccc(O)c(C[NH+]3CCCCC3)c2o1. The molecule has 0 bridgehead atoms. The van der Waals surface area contributed by atoms with Gasteiger partial charge in [0.15, 0.2) is 5.58 Å². The van der Waals surface area contributed by atoms with Crippen molar-refractivity contribution in [2.75, 3.05) is 13.1 Å². The Labute approximate surface area is 172 Å². The number of likely N-dealkylation sites (tertiary alicyclic amines) is 1. The third kappa shape index (κ3) is 3.29. The minimum absolute atomic E-state index is 0.103. The van der Waals surface area contributed by atoms with E-state index in [-0.39, 0.29) is 5.75 Å². The van der Waals surface area contributed by atoms with Crippen molar-refractivity contribution in [3.63, 3.8) is 0 Å². The van der Waals surface area contributed by atoms with E-state index in [0.717, 1.165) is 31.3 Å². The average molecular weight is 404 g/mol. The van der Waals surface area contributed by atoms with E-state index in [2.05, 4.69) is 0 Å².